The second kappa shape index (κ2) is 11.0. The van der Waals surface area contributed by atoms with Crippen LogP contribution >= 0.6 is 11.3 Å². The smallest absolute Gasteiger partial charge is 0.243 e. The standard InChI is InChI=1S/C27H38N4O3S/c1-16(2)28-13-22(27(5,6)7)26(34)31-14-21(32)12-23(31)25(33)30-17(3)19-8-10-20(11-9-19)24-18(4)29-15-35-24/h8-11,13,15-17,21-23,32H,12,14H2,1-7H3,(H,30,33)/t17-,21+,22?,23-/m0/s1. The lowest BCUT2D eigenvalue weighted by molar-refractivity contribution is -0.142. The first kappa shape index (κ1) is 27.0. The maximum absolute atomic E-state index is 13.5. The Bertz CT molecular complexity index is 1060. The molecule has 1 aliphatic rings. The number of aromatic nitrogens is 1. The summed E-state index contributed by atoms with van der Waals surface area (Å²) in [5.41, 5.74) is 4.54. The first-order chi connectivity index (χ1) is 16.4. The van der Waals surface area contributed by atoms with E-state index in [1.165, 1.54) is 4.90 Å². The van der Waals surface area contributed by atoms with Crippen LogP contribution in [0.2, 0.25) is 0 Å². The van der Waals surface area contributed by atoms with Crippen LogP contribution in [-0.2, 0) is 9.59 Å². The Hall–Kier alpha value is -2.58. The SMILES string of the molecule is Cc1ncsc1-c1ccc([C@H](C)NC(=O)[C@@H]2C[C@@H](O)CN2C(=O)C(C=NC(C)C)C(C)(C)C)cc1. The van der Waals surface area contributed by atoms with Crippen LogP contribution in [0.1, 0.15) is 65.3 Å². The van der Waals surface area contributed by atoms with Crippen molar-refractivity contribution in [1.29, 1.82) is 0 Å². The zero-order valence-corrected chi connectivity index (χ0v) is 22.6. The number of aliphatic hydroxyl groups is 1. The molecule has 1 aromatic carbocycles. The predicted molar refractivity (Wildman–Crippen MR) is 142 cm³/mol. The zero-order chi connectivity index (χ0) is 25.9. The Morgan fingerprint density at radius 1 is 1.23 bits per heavy atom. The lowest BCUT2D eigenvalue weighted by atomic mass is 9.80. The van der Waals surface area contributed by atoms with Gasteiger partial charge in [0.15, 0.2) is 0 Å². The summed E-state index contributed by atoms with van der Waals surface area (Å²) in [5, 5.41) is 13.4. The number of hydrogen-bond acceptors (Lipinski definition) is 6. The molecule has 1 unspecified atom stereocenters. The number of aliphatic imine (C=N–C) groups is 1. The van der Waals surface area contributed by atoms with Crippen molar-refractivity contribution in [2.75, 3.05) is 6.54 Å². The molecule has 0 bridgehead atoms. The van der Waals surface area contributed by atoms with Crippen molar-refractivity contribution in [3.63, 3.8) is 0 Å². The molecule has 35 heavy (non-hydrogen) atoms. The maximum atomic E-state index is 13.5. The van der Waals surface area contributed by atoms with Crippen molar-refractivity contribution in [3.05, 3.63) is 41.0 Å². The van der Waals surface area contributed by atoms with Gasteiger partial charge in [-0.25, -0.2) is 4.98 Å². The number of likely N-dealkylation sites (tertiary alicyclic amines) is 1. The molecule has 2 N–H and O–H groups in total. The molecule has 2 aromatic rings. The molecule has 1 aromatic heterocycles. The average Bonchev–Trinajstić information content (AvgIpc) is 3.38. The number of carbonyl (C=O) groups excluding carboxylic acids is 2. The van der Waals surface area contributed by atoms with E-state index < -0.39 is 18.1 Å². The van der Waals surface area contributed by atoms with Gasteiger partial charge in [-0.2, -0.15) is 0 Å². The van der Waals surface area contributed by atoms with E-state index in [1.807, 2.05) is 78.2 Å². The van der Waals surface area contributed by atoms with E-state index in [2.05, 4.69) is 15.3 Å². The first-order valence-electron chi connectivity index (χ1n) is 12.2. The van der Waals surface area contributed by atoms with Crippen LogP contribution in [0.25, 0.3) is 10.4 Å². The molecule has 2 heterocycles. The van der Waals surface area contributed by atoms with Crippen LogP contribution in [0.15, 0.2) is 34.8 Å². The number of aliphatic hydroxyl groups excluding tert-OH is 1. The van der Waals surface area contributed by atoms with Gasteiger partial charge in [-0.05, 0) is 44.2 Å². The van der Waals surface area contributed by atoms with Gasteiger partial charge in [0.25, 0.3) is 0 Å². The van der Waals surface area contributed by atoms with Gasteiger partial charge in [-0.3, -0.25) is 14.6 Å². The molecule has 8 heteroatoms. The third-order valence-corrected chi connectivity index (χ3v) is 7.35. The number of carbonyl (C=O) groups is 2. The highest BCUT2D eigenvalue weighted by atomic mass is 32.1. The summed E-state index contributed by atoms with van der Waals surface area (Å²) in [4.78, 5) is 38.2. The van der Waals surface area contributed by atoms with E-state index in [4.69, 9.17) is 0 Å². The van der Waals surface area contributed by atoms with Crippen molar-refractivity contribution in [2.24, 2.45) is 16.3 Å². The molecule has 0 saturated carbocycles. The second-order valence-corrected chi connectivity index (χ2v) is 11.6. The van der Waals surface area contributed by atoms with E-state index >= 15 is 0 Å². The number of nitrogens with one attached hydrogen (secondary N) is 1. The minimum Gasteiger partial charge on any atom is -0.391 e. The number of amides is 2. The summed E-state index contributed by atoms with van der Waals surface area (Å²) in [6.07, 6.45) is 1.21. The number of rotatable bonds is 7. The van der Waals surface area contributed by atoms with E-state index in [-0.39, 0.29) is 42.3 Å². The van der Waals surface area contributed by atoms with Crippen LogP contribution in [0.3, 0.4) is 0 Å². The van der Waals surface area contributed by atoms with Gasteiger partial charge >= 0.3 is 0 Å². The summed E-state index contributed by atoms with van der Waals surface area (Å²) in [6.45, 7) is 14.0. The van der Waals surface area contributed by atoms with Crippen LogP contribution in [0, 0.1) is 18.3 Å². The molecular weight excluding hydrogens is 460 g/mol. The van der Waals surface area contributed by atoms with Crippen LogP contribution in [0.5, 0.6) is 0 Å². The van der Waals surface area contributed by atoms with Gasteiger partial charge in [0, 0.05) is 25.2 Å². The summed E-state index contributed by atoms with van der Waals surface area (Å²) in [7, 11) is 0. The monoisotopic (exact) mass is 498 g/mol. The molecule has 2 amide bonds. The Labute approximate surface area is 212 Å². The zero-order valence-electron chi connectivity index (χ0n) is 21.8. The molecule has 7 nitrogen and oxygen atoms in total. The molecule has 1 saturated heterocycles. The van der Waals surface area contributed by atoms with Gasteiger partial charge in [0.05, 0.1) is 34.1 Å². The molecule has 0 aliphatic carbocycles. The van der Waals surface area contributed by atoms with E-state index in [0.717, 1.165) is 21.7 Å². The fraction of sp³-hybridized carbons (Fsp3) is 0.556. The molecule has 1 aliphatic heterocycles. The summed E-state index contributed by atoms with van der Waals surface area (Å²) < 4.78 is 0. The van der Waals surface area contributed by atoms with Crippen molar-refractivity contribution in [3.8, 4) is 10.4 Å². The molecule has 0 radical (unpaired) electrons. The van der Waals surface area contributed by atoms with Crippen LogP contribution in [0.4, 0.5) is 0 Å². The lowest BCUT2D eigenvalue weighted by Crippen LogP contribution is -2.50. The number of nitrogens with zero attached hydrogens (tertiary/aromatic N) is 3. The summed E-state index contributed by atoms with van der Waals surface area (Å²) in [6, 6.07) is 7.20. The predicted octanol–water partition coefficient (Wildman–Crippen LogP) is 4.40. The number of hydrogen-bond donors (Lipinski definition) is 2. The number of aryl methyl sites for hydroxylation is 1. The van der Waals surface area contributed by atoms with E-state index in [1.54, 1.807) is 17.6 Å². The van der Waals surface area contributed by atoms with Gasteiger partial charge < -0.3 is 15.3 Å². The average molecular weight is 499 g/mol. The highest BCUT2D eigenvalue weighted by molar-refractivity contribution is 7.13. The van der Waals surface area contributed by atoms with Crippen molar-refractivity contribution < 1.29 is 14.7 Å². The van der Waals surface area contributed by atoms with Crippen molar-refractivity contribution in [1.82, 2.24) is 15.2 Å². The molecule has 190 valence electrons. The highest BCUT2D eigenvalue weighted by Gasteiger charge is 2.43. The lowest BCUT2D eigenvalue weighted by Gasteiger charge is -2.33. The van der Waals surface area contributed by atoms with E-state index in [9.17, 15) is 14.7 Å². The summed E-state index contributed by atoms with van der Waals surface area (Å²) >= 11 is 1.60. The van der Waals surface area contributed by atoms with Crippen LogP contribution in [-0.4, -0.2) is 57.8 Å². The Kier molecular flexibility index (Phi) is 8.49. The van der Waals surface area contributed by atoms with E-state index in [0.29, 0.717) is 0 Å². The third-order valence-electron chi connectivity index (χ3n) is 6.37. The summed E-state index contributed by atoms with van der Waals surface area (Å²) in [5.74, 6) is -0.903. The largest absolute Gasteiger partial charge is 0.391 e. The minimum atomic E-state index is -0.727. The molecule has 3 rings (SSSR count). The Balaban J connectivity index is 1.73. The number of benzene rings is 1. The maximum Gasteiger partial charge on any atom is 0.243 e. The fourth-order valence-electron chi connectivity index (χ4n) is 4.30. The number of β-amino-alcohol motifs (C(OH)–C–C–N with tert-alkyl or cyclic N) is 1. The van der Waals surface area contributed by atoms with Gasteiger partial charge in [-0.15, -0.1) is 11.3 Å². The minimum absolute atomic E-state index is 0.0724. The Morgan fingerprint density at radius 3 is 2.43 bits per heavy atom. The topological polar surface area (TPSA) is 94.9 Å². The van der Waals surface area contributed by atoms with Crippen molar-refractivity contribution >= 4 is 29.4 Å². The fourth-order valence-corrected chi connectivity index (χ4v) is 5.11. The van der Waals surface area contributed by atoms with Gasteiger partial charge in [0.2, 0.25) is 11.8 Å². The Morgan fingerprint density at radius 2 is 1.89 bits per heavy atom. The normalized spacial score (nSPS) is 20.4. The molecule has 4 atom stereocenters. The van der Waals surface area contributed by atoms with Gasteiger partial charge in [0.1, 0.15) is 6.04 Å². The van der Waals surface area contributed by atoms with Gasteiger partial charge in [-0.1, -0.05) is 45.0 Å². The second-order valence-electron chi connectivity index (χ2n) is 10.8. The molecular formula is C27H38N4O3S. The first-order valence-corrected chi connectivity index (χ1v) is 13.1. The molecule has 0 spiro atoms. The third kappa shape index (κ3) is 6.55. The quantitative estimate of drug-likeness (QED) is 0.553. The highest BCUT2D eigenvalue weighted by Crippen LogP contribution is 2.31. The van der Waals surface area contributed by atoms with Crippen molar-refractivity contribution in [2.45, 2.75) is 79.1 Å². The van der Waals surface area contributed by atoms with Crippen LogP contribution < -0.4 is 5.32 Å². The number of thiazole rings is 1. The molecule has 1 fully saturated rings.